The maximum atomic E-state index is 11.5. The van der Waals surface area contributed by atoms with Gasteiger partial charge in [-0.2, -0.15) is 0 Å². The number of rotatable bonds is 5. The fourth-order valence-electron chi connectivity index (χ4n) is 2.36. The van der Waals surface area contributed by atoms with E-state index in [0.29, 0.717) is 17.7 Å². The average molecular weight is 195 g/mol. The zero-order valence-corrected chi connectivity index (χ0v) is 9.09. The van der Waals surface area contributed by atoms with Gasteiger partial charge in [0.1, 0.15) is 5.78 Å². The van der Waals surface area contributed by atoms with E-state index in [1.54, 1.807) is 0 Å². The molecule has 1 heterocycles. The second-order valence-corrected chi connectivity index (χ2v) is 4.89. The molecule has 0 spiro atoms. The molecular weight excluding hydrogens is 174 g/mol. The van der Waals surface area contributed by atoms with Gasteiger partial charge in [0.2, 0.25) is 0 Å². The standard InChI is InChI=1S/C12H21NO/c1-2-9-7-11(13-8-9)5-6-12(14)10-3-4-10/h9-11,13H,2-8H2,1H3. The molecule has 0 amide bonds. The molecule has 0 radical (unpaired) electrons. The second-order valence-electron chi connectivity index (χ2n) is 4.89. The van der Waals surface area contributed by atoms with Gasteiger partial charge in [-0.15, -0.1) is 0 Å². The van der Waals surface area contributed by atoms with Gasteiger partial charge >= 0.3 is 0 Å². The van der Waals surface area contributed by atoms with Gasteiger partial charge in [-0.3, -0.25) is 4.79 Å². The van der Waals surface area contributed by atoms with E-state index in [4.69, 9.17) is 0 Å². The zero-order chi connectivity index (χ0) is 9.97. The number of Topliss-reactive ketones (excluding diaryl/α,β-unsaturated/α-hetero) is 1. The molecule has 1 saturated carbocycles. The van der Waals surface area contributed by atoms with Crippen LogP contribution in [0.5, 0.6) is 0 Å². The van der Waals surface area contributed by atoms with Crippen LogP contribution >= 0.6 is 0 Å². The Hall–Kier alpha value is -0.370. The SMILES string of the molecule is CCC1CNC(CCC(=O)C2CC2)C1. The van der Waals surface area contributed by atoms with E-state index in [1.165, 1.54) is 19.4 Å². The summed E-state index contributed by atoms with van der Waals surface area (Å²) in [4.78, 5) is 11.5. The summed E-state index contributed by atoms with van der Waals surface area (Å²) in [6.07, 6.45) is 6.78. The van der Waals surface area contributed by atoms with Gasteiger partial charge in [-0.05, 0) is 38.1 Å². The van der Waals surface area contributed by atoms with E-state index in [-0.39, 0.29) is 0 Å². The van der Waals surface area contributed by atoms with Gasteiger partial charge in [0.05, 0.1) is 0 Å². The Morgan fingerprint density at radius 2 is 2.21 bits per heavy atom. The minimum Gasteiger partial charge on any atom is -0.314 e. The number of hydrogen-bond acceptors (Lipinski definition) is 2. The average Bonchev–Trinajstić information content (AvgIpc) is 2.94. The molecule has 1 aliphatic heterocycles. The smallest absolute Gasteiger partial charge is 0.136 e. The molecule has 2 heteroatoms. The Balaban J connectivity index is 1.63. The molecule has 2 unspecified atom stereocenters. The van der Waals surface area contributed by atoms with E-state index in [0.717, 1.165) is 31.6 Å². The van der Waals surface area contributed by atoms with Gasteiger partial charge in [0.25, 0.3) is 0 Å². The molecular formula is C12H21NO. The highest BCUT2D eigenvalue weighted by Gasteiger charge is 2.30. The quantitative estimate of drug-likeness (QED) is 0.728. The molecule has 1 N–H and O–H groups in total. The molecule has 0 aromatic rings. The first-order valence-corrected chi connectivity index (χ1v) is 6.05. The molecule has 0 aromatic heterocycles. The molecule has 1 aliphatic carbocycles. The Labute approximate surface area is 86.5 Å². The Morgan fingerprint density at radius 1 is 1.43 bits per heavy atom. The highest BCUT2D eigenvalue weighted by molar-refractivity contribution is 5.83. The third-order valence-corrected chi connectivity index (χ3v) is 3.66. The molecule has 14 heavy (non-hydrogen) atoms. The van der Waals surface area contributed by atoms with Crippen molar-refractivity contribution in [3.8, 4) is 0 Å². The summed E-state index contributed by atoms with van der Waals surface area (Å²) >= 11 is 0. The molecule has 2 aliphatic rings. The first-order chi connectivity index (χ1) is 6.79. The maximum Gasteiger partial charge on any atom is 0.136 e. The van der Waals surface area contributed by atoms with E-state index >= 15 is 0 Å². The number of carbonyl (C=O) groups excluding carboxylic acids is 1. The summed E-state index contributed by atoms with van der Waals surface area (Å²) in [5.74, 6) is 1.83. The van der Waals surface area contributed by atoms with Crippen LogP contribution in [-0.2, 0) is 4.79 Å². The van der Waals surface area contributed by atoms with Crippen LogP contribution in [0.15, 0.2) is 0 Å². The summed E-state index contributed by atoms with van der Waals surface area (Å²) in [7, 11) is 0. The number of carbonyl (C=O) groups is 1. The maximum absolute atomic E-state index is 11.5. The van der Waals surface area contributed by atoms with Crippen LogP contribution in [-0.4, -0.2) is 18.4 Å². The van der Waals surface area contributed by atoms with Crippen molar-refractivity contribution in [3.05, 3.63) is 0 Å². The van der Waals surface area contributed by atoms with Gasteiger partial charge in [0.15, 0.2) is 0 Å². The van der Waals surface area contributed by atoms with Gasteiger partial charge in [-0.25, -0.2) is 0 Å². The Bertz CT molecular complexity index is 210. The molecule has 80 valence electrons. The Morgan fingerprint density at radius 3 is 2.79 bits per heavy atom. The molecule has 2 rings (SSSR count). The zero-order valence-electron chi connectivity index (χ0n) is 9.09. The lowest BCUT2D eigenvalue weighted by molar-refractivity contribution is -0.120. The van der Waals surface area contributed by atoms with Crippen molar-refractivity contribution in [1.82, 2.24) is 5.32 Å². The predicted molar refractivity (Wildman–Crippen MR) is 57.2 cm³/mol. The van der Waals surface area contributed by atoms with Crippen LogP contribution in [0.1, 0.15) is 45.4 Å². The third-order valence-electron chi connectivity index (χ3n) is 3.66. The van der Waals surface area contributed by atoms with E-state index in [1.807, 2.05) is 0 Å². The van der Waals surface area contributed by atoms with E-state index < -0.39 is 0 Å². The molecule has 1 saturated heterocycles. The highest BCUT2D eigenvalue weighted by atomic mass is 16.1. The lowest BCUT2D eigenvalue weighted by Crippen LogP contribution is -2.22. The third kappa shape index (κ3) is 2.57. The summed E-state index contributed by atoms with van der Waals surface area (Å²) in [6.45, 7) is 3.42. The lowest BCUT2D eigenvalue weighted by Gasteiger charge is -2.08. The highest BCUT2D eigenvalue weighted by Crippen LogP contribution is 2.32. The van der Waals surface area contributed by atoms with Crippen LogP contribution in [0.3, 0.4) is 0 Å². The van der Waals surface area contributed by atoms with Crippen LogP contribution in [0.25, 0.3) is 0 Å². The van der Waals surface area contributed by atoms with Crippen molar-refractivity contribution in [3.63, 3.8) is 0 Å². The lowest BCUT2D eigenvalue weighted by atomic mass is 9.99. The minimum atomic E-state index is 0.457. The number of ketones is 1. The van der Waals surface area contributed by atoms with Gasteiger partial charge in [-0.1, -0.05) is 13.3 Å². The number of nitrogens with one attached hydrogen (secondary N) is 1. The Kier molecular flexibility index (Phi) is 3.22. The topological polar surface area (TPSA) is 29.1 Å². The van der Waals surface area contributed by atoms with Crippen molar-refractivity contribution in [2.24, 2.45) is 11.8 Å². The molecule has 2 atom stereocenters. The van der Waals surface area contributed by atoms with Gasteiger partial charge < -0.3 is 5.32 Å². The van der Waals surface area contributed by atoms with E-state index in [2.05, 4.69) is 12.2 Å². The predicted octanol–water partition coefficient (Wildman–Crippen LogP) is 2.13. The van der Waals surface area contributed by atoms with Crippen molar-refractivity contribution >= 4 is 5.78 Å². The summed E-state index contributed by atoms with van der Waals surface area (Å²) < 4.78 is 0. The van der Waals surface area contributed by atoms with Crippen molar-refractivity contribution in [2.45, 2.75) is 51.5 Å². The van der Waals surface area contributed by atoms with E-state index in [9.17, 15) is 4.79 Å². The summed E-state index contributed by atoms with van der Waals surface area (Å²) in [5, 5.41) is 3.52. The number of hydrogen-bond donors (Lipinski definition) is 1. The van der Waals surface area contributed by atoms with Crippen molar-refractivity contribution < 1.29 is 4.79 Å². The molecule has 2 nitrogen and oxygen atoms in total. The fraction of sp³-hybridized carbons (Fsp3) is 0.917. The van der Waals surface area contributed by atoms with Crippen LogP contribution < -0.4 is 5.32 Å². The van der Waals surface area contributed by atoms with Gasteiger partial charge in [0, 0.05) is 18.4 Å². The molecule has 0 aromatic carbocycles. The molecule has 0 bridgehead atoms. The normalized spacial score (nSPS) is 32.1. The van der Waals surface area contributed by atoms with Crippen molar-refractivity contribution in [1.29, 1.82) is 0 Å². The molecule has 2 fully saturated rings. The summed E-state index contributed by atoms with van der Waals surface area (Å²) in [6, 6.07) is 0.627. The second kappa shape index (κ2) is 4.43. The first kappa shape index (κ1) is 10.2. The fourth-order valence-corrected chi connectivity index (χ4v) is 2.36. The minimum absolute atomic E-state index is 0.457. The summed E-state index contributed by atoms with van der Waals surface area (Å²) in [5.41, 5.74) is 0. The first-order valence-electron chi connectivity index (χ1n) is 6.05. The van der Waals surface area contributed by atoms with Crippen LogP contribution in [0.2, 0.25) is 0 Å². The van der Waals surface area contributed by atoms with Crippen LogP contribution in [0, 0.1) is 11.8 Å². The van der Waals surface area contributed by atoms with Crippen molar-refractivity contribution in [2.75, 3.05) is 6.54 Å². The monoisotopic (exact) mass is 195 g/mol. The van der Waals surface area contributed by atoms with Crippen LogP contribution in [0.4, 0.5) is 0 Å². The largest absolute Gasteiger partial charge is 0.314 e.